The van der Waals surface area contributed by atoms with Crippen LogP contribution in [-0.4, -0.2) is 28.5 Å². The van der Waals surface area contributed by atoms with Crippen molar-refractivity contribution < 1.29 is 22.7 Å². The molecule has 0 aliphatic carbocycles. The quantitative estimate of drug-likeness (QED) is 0.810. The molecule has 0 aromatic heterocycles. The number of hydrogen-bond donors (Lipinski definition) is 2. The number of benzene rings is 2. The van der Waals surface area contributed by atoms with Gasteiger partial charge in [-0.25, -0.2) is 8.42 Å². The summed E-state index contributed by atoms with van der Waals surface area (Å²) in [6.07, 6.45) is 0. The first-order valence-corrected chi connectivity index (χ1v) is 8.49. The van der Waals surface area contributed by atoms with Crippen LogP contribution in [0.1, 0.15) is 10.4 Å². The summed E-state index contributed by atoms with van der Waals surface area (Å²) in [6.45, 7) is 0. The van der Waals surface area contributed by atoms with Gasteiger partial charge in [0.2, 0.25) is 0 Å². The van der Waals surface area contributed by atoms with Gasteiger partial charge in [-0.2, -0.15) is 0 Å². The number of amides is 1. The van der Waals surface area contributed by atoms with Gasteiger partial charge < -0.3 is 15.2 Å². The van der Waals surface area contributed by atoms with E-state index < -0.39 is 15.9 Å². The van der Waals surface area contributed by atoms with Gasteiger partial charge in [0.25, 0.3) is 15.9 Å². The molecule has 0 aliphatic heterocycles. The highest BCUT2D eigenvalue weighted by atomic mass is 35.5. The highest BCUT2D eigenvalue weighted by molar-refractivity contribution is 7.92. The maximum absolute atomic E-state index is 12.7. The zero-order valence-electron chi connectivity index (χ0n) is 12.9. The summed E-state index contributed by atoms with van der Waals surface area (Å²) >= 11 is 5.98. The van der Waals surface area contributed by atoms with E-state index in [4.69, 9.17) is 26.8 Å². The molecule has 0 atom stereocenters. The molecule has 7 nitrogen and oxygen atoms in total. The normalized spacial score (nSPS) is 11.0. The van der Waals surface area contributed by atoms with Crippen LogP contribution in [0.4, 0.5) is 5.69 Å². The number of methoxy groups -OCH3 is 2. The number of sulfonamides is 1. The standard InChI is InChI=1S/C15H15ClN2O5S/c1-22-12-8-14(13(23-2)7-10(12)16)24(20,21)18-11-6-4-3-5-9(11)15(17)19/h3-8,18H,1-2H3,(H2,17,19). The van der Waals surface area contributed by atoms with Crippen LogP contribution in [0.15, 0.2) is 41.3 Å². The lowest BCUT2D eigenvalue weighted by molar-refractivity contribution is 0.100. The Labute approximate surface area is 144 Å². The van der Waals surface area contributed by atoms with E-state index in [0.717, 1.165) is 0 Å². The molecule has 2 aromatic rings. The Balaban J connectivity index is 2.54. The fraction of sp³-hybridized carbons (Fsp3) is 0.133. The summed E-state index contributed by atoms with van der Waals surface area (Å²) < 4.78 is 37.8. The minimum absolute atomic E-state index is 0.0323. The summed E-state index contributed by atoms with van der Waals surface area (Å²) in [5, 5.41) is 0.200. The van der Waals surface area contributed by atoms with Crippen molar-refractivity contribution in [2.24, 2.45) is 5.73 Å². The zero-order valence-corrected chi connectivity index (χ0v) is 14.4. The van der Waals surface area contributed by atoms with Crippen LogP contribution >= 0.6 is 11.6 Å². The Bertz CT molecular complexity index is 883. The number of rotatable bonds is 6. The molecule has 0 aliphatic rings. The van der Waals surface area contributed by atoms with Gasteiger partial charge >= 0.3 is 0 Å². The van der Waals surface area contributed by atoms with Crippen molar-refractivity contribution in [3.05, 3.63) is 47.0 Å². The minimum Gasteiger partial charge on any atom is -0.495 e. The number of carbonyl (C=O) groups is 1. The van der Waals surface area contributed by atoms with E-state index >= 15 is 0 Å². The molecule has 0 bridgehead atoms. The molecular formula is C15H15ClN2O5S. The number of nitrogens with two attached hydrogens (primary N) is 1. The number of hydrogen-bond acceptors (Lipinski definition) is 5. The van der Waals surface area contributed by atoms with E-state index in [0.29, 0.717) is 0 Å². The molecule has 1 amide bonds. The molecule has 9 heteroatoms. The smallest absolute Gasteiger partial charge is 0.265 e. The zero-order chi connectivity index (χ0) is 17.9. The van der Waals surface area contributed by atoms with Crippen LogP contribution in [0, 0.1) is 0 Å². The van der Waals surface area contributed by atoms with Crippen molar-refractivity contribution in [2.45, 2.75) is 4.90 Å². The van der Waals surface area contributed by atoms with Gasteiger partial charge in [-0.1, -0.05) is 23.7 Å². The molecule has 0 saturated heterocycles. The van der Waals surface area contributed by atoms with Gasteiger partial charge in [0.15, 0.2) is 0 Å². The topological polar surface area (TPSA) is 108 Å². The van der Waals surface area contributed by atoms with Crippen molar-refractivity contribution in [2.75, 3.05) is 18.9 Å². The molecule has 0 radical (unpaired) electrons. The molecule has 0 heterocycles. The summed E-state index contributed by atoms with van der Waals surface area (Å²) in [5.74, 6) is -0.556. The summed E-state index contributed by atoms with van der Waals surface area (Å²) in [6, 6.07) is 8.55. The van der Waals surface area contributed by atoms with Crippen molar-refractivity contribution in [3.63, 3.8) is 0 Å². The van der Waals surface area contributed by atoms with E-state index in [1.54, 1.807) is 12.1 Å². The molecule has 24 heavy (non-hydrogen) atoms. The third-order valence-corrected chi connectivity index (χ3v) is 4.85. The van der Waals surface area contributed by atoms with E-state index in [9.17, 15) is 13.2 Å². The fourth-order valence-electron chi connectivity index (χ4n) is 2.03. The fourth-order valence-corrected chi connectivity index (χ4v) is 3.51. The lowest BCUT2D eigenvalue weighted by Crippen LogP contribution is -2.19. The third-order valence-electron chi connectivity index (χ3n) is 3.16. The van der Waals surface area contributed by atoms with Gasteiger partial charge in [-0.15, -0.1) is 0 Å². The second-order valence-corrected chi connectivity index (χ2v) is 6.71. The molecule has 128 valence electrons. The van der Waals surface area contributed by atoms with E-state index in [1.165, 1.54) is 38.5 Å². The van der Waals surface area contributed by atoms with Crippen molar-refractivity contribution in [1.29, 1.82) is 0 Å². The number of primary amides is 1. The number of anilines is 1. The Morgan fingerprint density at radius 3 is 2.33 bits per heavy atom. The van der Waals surface area contributed by atoms with Crippen LogP contribution in [0.25, 0.3) is 0 Å². The van der Waals surface area contributed by atoms with Crippen molar-refractivity contribution in [1.82, 2.24) is 0 Å². The predicted octanol–water partition coefficient (Wildman–Crippen LogP) is 2.26. The number of halogens is 1. The first kappa shape index (κ1) is 17.9. The average molecular weight is 371 g/mol. The van der Waals surface area contributed by atoms with Gasteiger partial charge in [-0.3, -0.25) is 9.52 Å². The number of nitrogens with one attached hydrogen (secondary N) is 1. The van der Waals surface area contributed by atoms with Crippen molar-refractivity contribution in [3.8, 4) is 11.5 Å². The number of para-hydroxylation sites is 1. The monoisotopic (exact) mass is 370 g/mol. The van der Waals surface area contributed by atoms with Crippen molar-refractivity contribution >= 4 is 33.2 Å². The van der Waals surface area contributed by atoms with E-state index in [1.807, 2.05) is 0 Å². The molecule has 0 unspecified atom stereocenters. The second-order valence-electron chi connectivity index (χ2n) is 4.65. The van der Waals surface area contributed by atoms with E-state index in [-0.39, 0.29) is 32.7 Å². The van der Waals surface area contributed by atoms with Crippen LogP contribution in [-0.2, 0) is 10.0 Å². The Kier molecular flexibility index (Phi) is 5.20. The third kappa shape index (κ3) is 3.55. The minimum atomic E-state index is -4.08. The van der Waals surface area contributed by atoms with Gasteiger partial charge in [0.1, 0.15) is 16.4 Å². The molecule has 0 spiro atoms. The summed E-state index contributed by atoms with van der Waals surface area (Å²) in [7, 11) is -1.41. The molecular weight excluding hydrogens is 356 g/mol. The second kappa shape index (κ2) is 6.98. The number of ether oxygens (including phenoxy) is 2. The highest BCUT2D eigenvalue weighted by Crippen LogP contribution is 2.36. The van der Waals surface area contributed by atoms with Crippen LogP contribution in [0.2, 0.25) is 5.02 Å². The molecule has 0 saturated carbocycles. The highest BCUT2D eigenvalue weighted by Gasteiger charge is 2.24. The predicted molar refractivity (Wildman–Crippen MR) is 90.3 cm³/mol. The van der Waals surface area contributed by atoms with Crippen LogP contribution in [0.5, 0.6) is 11.5 Å². The molecule has 3 N–H and O–H groups in total. The van der Waals surface area contributed by atoms with E-state index in [2.05, 4.69) is 4.72 Å². The molecule has 2 aromatic carbocycles. The Morgan fingerprint density at radius 2 is 1.75 bits per heavy atom. The van der Waals surface area contributed by atoms with Gasteiger partial charge in [0, 0.05) is 12.1 Å². The lowest BCUT2D eigenvalue weighted by Gasteiger charge is -2.15. The first-order chi connectivity index (χ1) is 11.3. The maximum atomic E-state index is 12.7. The van der Waals surface area contributed by atoms with Gasteiger partial charge in [0.05, 0.1) is 30.5 Å². The molecule has 2 rings (SSSR count). The summed E-state index contributed by atoms with van der Waals surface area (Å²) in [5.41, 5.74) is 5.36. The first-order valence-electron chi connectivity index (χ1n) is 6.63. The Morgan fingerprint density at radius 1 is 1.12 bits per heavy atom. The summed E-state index contributed by atoms with van der Waals surface area (Å²) in [4.78, 5) is 11.2. The molecule has 0 fully saturated rings. The van der Waals surface area contributed by atoms with Crippen LogP contribution in [0.3, 0.4) is 0 Å². The van der Waals surface area contributed by atoms with Gasteiger partial charge in [-0.05, 0) is 12.1 Å². The number of carbonyl (C=O) groups excluding carboxylic acids is 1. The largest absolute Gasteiger partial charge is 0.495 e. The Hall–Kier alpha value is -2.45. The van der Waals surface area contributed by atoms with Crippen LogP contribution < -0.4 is 19.9 Å². The SMILES string of the molecule is COc1cc(S(=O)(=O)Nc2ccccc2C(N)=O)c(OC)cc1Cl. The lowest BCUT2D eigenvalue weighted by atomic mass is 10.2. The maximum Gasteiger partial charge on any atom is 0.265 e. The average Bonchev–Trinajstić information content (AvgIpc) is 2.54.